The maximum Gasteiger partial charge on any atom is 0.344 e. The number of para-hydroxylation sites is 1. The first-order chi connectivity index (χ1) is 15.4. The van der Waals surface area contributed by atoms with E-state index in [4.69, 9.17) is 4.74 Å². The first-order valence-electron chi connectivity index (χ1n) is 11.4. The van der Waals surface area contributed by atoms with Crippen molar-refractivity contribution in [1.82, 2.24) is 20.7 Å². The predicted octanol–water partition coefficient (Wildman–Crippen LogP) is 1.49. The number of benzene rings is 1. The van der Waals surface area contributed by atoms with E-state index < -0.39 is 11.6 Å². The monoisotopic (exact) mass is 443 g/mol. The minimum atomic E-state index is -0.861. The molecule has 2 saturated heterocycles. The van der Waals surface area contributed by atoms with Gasteiger partial charge in [-0.15, -0.1) is 0 Å². The molecule has 1 aliphatic carbocycles. The van der Waals surface area contributed by atoms with Crippen LogP contribution in [0.15, 0.2) is 24.3 Å². The van der Waals surface area contributed by atoms with Gasteiger partial charge in [0.15, 0.2) is 0 Å². The number of hydrogen-bond donors (Lipinski definition) is 2. The first-order valence-corrected chi connectivity index (χ1v) is 11.4. The standard InChI is InChI=1S/C23H33N5O4/c1-17-7-9-23(10-8-17)21(30)28(22(31)24-23)25-20(29)16-26(2)15-18-5-3-4-6-19(18)27-11-13-32-14-12-27/h3-6,17H,7-16H2,1-2H3,(H,24,31)(H,25,29). The Morgan fingerprint density at radius 3 is 2.62 bits per heavy atom. The van der Waals surface area contributed by atoms with Crippen LogP contribution in [0.25, 0.3) is 0 Å². The number of hydrogen-bond acceptors (Lipinski definition) is 6. The summed E-state index contributed by atoms with van der Waals surface area (Å²) in [7, 11) is 1.85. The number of carbonyl (C=O) groups excluding carboxylic acids is 3. The Bertz CT molecular complexity index is 862. The van der Waals surface area contributed by atoms with Crippen LogP contribution < -0.4 is 15.6 Å². The van der Waals surface area contributed by atoms with Crippen LogP contribution in [0.1, 0.15) is 38.2 Å². The van der Waals surface area contributed by atoms with Crippen LogP contribution in [0.2, 0.25) is 0 Å². The third kappa shape index (κ3) is 4.73. The molecule has 3 aliphatic rings. The molecule has 32 heavy (non-hydrogen) atoms. The van der Waals surface area contributed by atoms with Crippen molar-refractivity contribution in [1.29, 1.82) is 0 Å². The summed E-state index contributed by atoms with van der Waals surface area (Å²) in [5.41, 5.74) is 3.92. The Labute approximate surface area is 189 Å². The molecule has 9 heteroatoms. The highest BCUT2D eigenvalue weighted by atomic mass is 16.5. The van der Waals surface area contributed by atoms with Crippen molar-refractivity contribution in [3.63, 3.8) is 0 Å². The number of anilines is 1. The SMILES string of the molecule is CC1CCC2(CC1)NC(=O)N(NC(=O)CN(C)Cc1ccccc1N1CCOCC1)C2=O. The van der Waals surface area contributed by atoms with E-state index in [0.29, 0.717) is 38.5 Å². The highest BCUT2D eigenvalue weighted by Crippen LogP contribution is 2.35. The summed E-state index contributed by atoms with van der Waals surface area (Å²) in [5.74, 6) is -0.188. The van der Waals surface area contributed by atoms with Crippen LogP contribution in [0.5, 0.6) is 0 Å². The average Bonchev–Trinajstić information content (AvgIpc) is 3.01. The smallest absolute Gasteiger partial charge is 0.344 e. The van der Waals surface area contributed by atoms with Crippen LogP contribution >= 0.6 is 0 Å². The van der Waals surface area contributed by atoms with Crippen molar-refractivity contribution in [3.05, 3.63) is 29.8 Å². The summed E-state index contributed by atoms with van der Waals surface area (Å²) in [4.78, 5) is 42.2. The van der Waals surface area contributed by atoms with Crippen molar-refractivity contribution in [2.24, 2.45) is 5.92 Å². The lowest BCUT2D eigenvalue weighted by Gasteiger charge is -2.33. The van der Waals surface area contributed by atoms with E-state index in [9.17, 15) is 14.4 Å². The lowest BCUT2D eigenvalue weighted by Crippen LogP contribution is -2.52. The third-order valence-corrected chi connectivity index (χ3v) is 6.72. The number of urea groups is 1. The van der Waals surface area contributed by atoms with Gasteiger partial charge in [-0.2, -0.15) is 5.01 Å². The van der Waals surface area contributed by atoms with Gasteiger partial charge in [-0.3, -0.25) is 19.9 Å². The minimum Gasteiger partial charge on any atom is -0.378 e. The van der Waals surface area contributed by atoms with Crippen molar-refractivity contribution >= 4 is 23.5 Å². The molecule has 3 fully saturated rings. The number of ether oxygens (including phenoxy) is 1. The van der Waals surface area contributed by atoms with Crippen LogP contribution in [-0.4, -0.2) is 73.2 Å². The van der Waals surface area contributed by atoms with Gasteiger partial charge in [-0.25, -0.2) is 4.79 Å². The highest BCUT2D eigenvalue weighted by Gasteiger charge is 2.52. The zero-order valence-corrected chi connectivity index (χ0v) is 18.9. The Balaban J connectivity index is 1.34. The van der Waals surface area contributed by atoms with Gasteiger partial charge in [0, 0.05) is 25.3 Å². The topological polar surface area (TPSA) is 94.2 Å². The molecule has 0 unspecified atom stereocenters. The molecule has 174 valence electrons. The van der Waals surface area contributed by atoms with Gasteiger partial charge in [0.1, 0.15) is 5.54 Å². The van der Waals surface area contributed by atoms with E-state index in [-0.39, 0.29) is 18.4 Å². The quantitative estimate of drug-likeness (QED) is 0.647. The van der Waals surface area contributed by atoms with Gasteiger partial charge in [-0.05, 0) is 50.3 Å². The van der Waals surface area contributed by atoms with Gasteiger partial charge < -0.3 is 15.0 Å². The number of nitrogens with zero attached hydrogens (tertiary/aromatic N) is 3. The van der Waals surface area contributed by atoms with E-state index in [0.717, 1.165) is 42.2 Å². The number of rotatable bonds is 6. The fourth-order valence-electron chi connectivity index (χ4n) is 4.82. The zero-order chi connectivity index (χ0) is 22.7. The fraction of sp³-hybridized carbons (Fsp3) is 0.609. The van der Waals surface area contributed by atoms with Crippen LogP contribution in [0.3, 0.4) is 0 Å². The molecule has 0 aromatic heterocycles. The van der Waals surface area contributed by atoms with Crippen LogP contribution in [0, 0.1) is 5.92 Å². The van der Waals surface area contributed by atoms with E-state index in [2.05, 4.69) is 34.7 Å². The molecule has 4 amide bonds. The summed E-state index contributed by atoms with van der Waals surface area (Å²) in [6, 6.07) is 7.61. The van der Waals surface area contributed by atoms with Crippen molar-refractivity contribution in [3.8, 4) is 0 Å². The van der Waals surface area contributed by atoms with Crippen molar-refractivity contribution in [2.45, 2.75) is 44.7 Å². The molecule has 1 aromatic rings. The number of likely N-dealkylation sites (N-methyl/N-ethyl adjacent to an activating group) is 1. The van der Waals surface area contributed by atoms with E-state index in [1.54, 1.807) is 0 Å². The molecule has 2 heterocycles. The summed E-state index contributed by atoms with van der Waals surface area (Å²) < 4.78 is 5.45. The summed E-state index contributed by atoms with van der Waals surface area (Å²) in [6.07, 6.45) is 3.00. The molecule has 9 nitrogen and oxygen atoms in total. The zero-order valence-electron chi connectivity index (χ0n) is 18.9. The van der Waals surface area contributed by atoms with Gasteiger partial charge in [0.25, 0.3) is 11.8 Å². The normalized spacial score (nSPS) is 26.0. The number of hydrazine groups is 1. The summed E-state index contributed by atoms with van der Waals surface area (Å²) >= 11 is 0. The largest absolute Gasteiger partial charge is 0.378 e. The lowest BCUT2D eigenvalue weighted by atomic mass is 9.77. The second-order valence-electron chi connectivity index (χ2n) is 9.27. The molecule has 1 spiro atoms. The van der Waals surface area contributed by atoms with Gasteiger partial charge in [-0.1, -0.05) is 25.1 Å². The Morgan fingerprint density at radius 1 is 1.22 bits per heavy atom. The second kappa shape index (κ2) is 9.46. The van der Waals surface area contributed by atoms with Crippen LogP contribution in [0.4, 0.5) is 10.5 Å². The van der Waals surface area contributed by atoms with Gasteiger partial charge in [0.2, 0.25) is 0 Å². The van der Waals surface area contributed by atoms with Crippen molar-refractivity contribution < 1.29 is 19.1 Å². The Kier molecular flexibility index (Phi) is 6.66. The number of morpholine rings is 1. The first kappa shape index (κ1) is 22.5. The second-order valence-corrected chi connectivity index (χ2v) is 9.27. The van der Waals surface area contributed by atoms with Crippen LogP contribution in [-0.2, 0) is 20.9 Å². The molecule has 4 rings (SSSR count). The summed E-state index contributed by atoms with van der Waals surface area (Å²) in [6.45, 7) is 5.89. The molecular weight excluding hydrogens is 410 g/mol. The molecular formula is C23H33N5O4. The van der Waals surface area contributed by atoms with Gasteiger partial charge in [0.05, 0.1) is 19.8 Å². The molecule has 0 radical (unpaired) electrons. The average molecular weight is 444 g/mol. The molecule has 1 aromatic carbocycles. The maximum absolute atomic E-state index is 12.9. The van der Waals surface area contributed by atoms with E-state index in [1.165, 1.54) is 0 Å². The number of nitrogens with one attached hydrogen (secondary N) is 2. The van der Waals surface area contributed by atoms with Crippen molar-refractivity contribution in [2.75, 3.05) is 44.8 Å². The Hall–Kier alpha value is -2.65. The van der Waals surface area contributed by atoms with Gasteiger partial charge >= 0.3 is 6.03 Å². The number of imide groups is 1. The minimum absolute atomic E-state index is 0.0680. The maximum atomic E-state index is 12.9. The fourth-order valence-corrected chi connectivity index (χ4v) is 4.82. The highest BCUT2D eigenvalue weighted by molar-refractivity contribution is 6.08. The number of carbonyl (C=O) groups is 3. The van der Waals surface area contributed by atoms with E-state index >= 15 is 0 Å². The molecule has 2 aliphatic heterocycles. The third-order valence-electron chi connectivity index (χ3n) is 6.72. The van der Waals surface area contributed by atoms with E-state index in [1.807, 2.05) is 24.1 Å². The predicted molar refractivity (Wildman–Crippen MR) is 120 cm³/mol. The number of amides is 4. The lowest BCUT2D eigenvalue weighted by molar-refractivity contribution is -0.140. The molecule has 1 saturated carbocycles. The summed E-state index contributed by atoms with van der Waals surface area (Å²) in [5, 5.41) is 3.69. The molecule has 0 atom stereocenters. The Morgan fingerprint density at radius 2 is 1.91 bits per heavy atom. The molecule has 2 N–H and O–H groups in total. The molecule has 0 bridgehead atoms.